The summed E-state index contributed by atoms with van der Waals surface area (Å²) in [6.07, 6.45) is 96.4. The van der Waals surface area contributed by atoms with Gasteiger partial charge in [-0.3, -0.25) is 14.4 Å². The molecule has 6 heteroatoms. The number of rotatable bonds is 62. The molecule has 0 N–H and O–H groups in total. The molecule has 468 valence electrons. The van der Waals surface area contributed by atoms with Crippen LogP contribution in [0.3, 0.4) is 0 Å². The molecule has 0 amide bonds. The van der Waals surface area contributed by atoms with E-state index in [-0.39, 0.29) is 31.1 Å². The molecule has 0 radical (unpaired) electrons. The number of carbonyl (C=O) groups is 3. The van der Waals surface area contributed by atoms with Crippen molar-refractivity contribution in [1.29, 1.82) is 0 Å². The second-order valence-corrected chi connectivity index (χ2v) is 22.7. The summed E-state index contributed by atoms with van der Waals surface area (Å²) in [5.41, 5.74) is 0. The second kappa shape index (κ2) is 69.3. The molecule has 0 bridgehead atoms. The zero-order valence-corrected chi connectivity index (χ0v) is 53.7. The summed E-state index contributed by atoms with van der Waals surface area (Å²) in [7, 11) is 0. The van der Waals surface area contributed by atoms with Gasteiger partial charge in [-0.15, -0.1) is 0 Å². The van der Waals surface area contributed by atoms with Crippen LogP contribution in [0.25, 0.3) is 0 Å². The first-order valence-electron chi connectivity index (χ1n) is 34.5. The van der Waals surface area contributed by atoms with Crippen LogP contribution in [0.2, 0.25) is 0 Å². The Morgan fingerprint density at radius 3 is 0.756 bits per heavy atom. The van der Waals surface area contributed by atoms with Crippen LogP contribution >= 0.6 is 0 Å². The minimum atomic E-state index is -0.794. The van der Waals surface area contributed by atoms with Crippen molar-refractivity contribution in [3.05, 3.63) is 122 Å². The molecule has 0 aliphatic rings. The summed E-state index contributed by atoms with van der Waals surface area (Å²) in [4.78, 5) is 38.4. The van der Waals surface area contributed by atoms with Gasteiger partial charge in [0.05, 0.1) is 0 Å². The summed E-state index contributed by atoms with van der Waals surface area (Å²) >= 11 is 0. The molecule has 0 saturated heterocycles. The third-order valence-electron chi connectivity index (χ3n) is 14.7. The number of hydrogen-bond acceptors (Lipinski definition) is 6. The molecule has 1 unspecified atom stereocenters. The van der Waals surface area contributed by atoms with E-state index >= 15 is 0 Å². The van der Waals surface area contributed by atoms with E-state index in [4.69, 9.17) is 14.2 Å². The van der Waals surface area contributed by atoms with Crippen LogP contribution in [0.15, 0.2) is 122 Å². The summed E-state index contributed by atoms with van der Waals surface area (Å²) in [5.74, 6) is -0.907. The van der Waals surface area contributed by atoms with Crippen LogP contribution in [-0.2, 0) is 28.6 Å². The Labute approximate surface area is 507 Å². The van der Waals surface area contributed by atoms with E-state index in [0.29, 0.717) is 19.3 Å². The summed E-state index contributed by atoms with van der Waals surface area (Å²) in [6, 6.07) is 0. The molecule has 0 aromatic rings. The van der Waals surface area contributed by atoms with Crippen molar-refractivity contribution < 1.29 is 28.6 Å². The number of carbonyl (C=O) groups excluding carboxylic acids is 3. The number of hydrogen-bond donors (Lipinski definition) is 0. The van der Waals surface area contributed by atoms with Gasteiger partial charge < -0.3 is 14.2 Å². The monoisotopic (exact) mass is 1140 g/mol. The lowest BCUT2D eigenvalue weighted by Gasteiger charge is -2.18. The van der Waals surface area contributed by atoms with Crippen molar-refractivity contribution in [2.75, 3.05) is 13.2 Å². The first-order chi connectivity index (χ1) is 40.5. The summed E-state index contributed by atoms with van der Waals surface area (Å²) in [5, 5.41) is 0. The lowest BCUT2D eigenvalue weighted by Crippen LogP contribution is -2.30. The van der Waals surface area contributed by atoms with Gasteiger partial charge in [0.25, 0.3) is 0 Å². The average Bonchev–Trinajstić information content (AvgIpc) is 3.47. The normalized spacial score (nSPS) is 12.9. The molecule has 0 saturated carbocycles. The number of allylic oxidation sites excluding steroid dienone is 20. The van der Waals surface area contributed by atoms with E-state index in [1.165, 1.54) is 154 Å². The van der Waals surface area contributed by atoms with E-state index in [1.54, 1.807) is 0 Å². The van der Waals surface area contributed by atoms with Gasteiger partial charge >= 0.3 is 17.9 Å². The fraction of sp³-hybridized carbons (Fsp3) is 0.697. The van der Waals surface area contributed by atoms with Crippen molar-refractivity contribution >= 4 is 17.9 Å². The molecule has 6 nitrogen and oxygen atoms in total. The van der Waals surface area contributed by atoms with E-state index in [2.05, 4.69) is 142 Å². The van der Waals surface area contributed by atoms with Crippen molar-refractivity contribution in [3.8, 4) is 0 Å². The molecule has 0 rings (SSSR count). The zero-order chi connectivity index (χ0) is 59.2. The highest BCUT2D eigenvalue weighted by Crippen LogP contribution is 2.16. The topological polar surface area (TPSA) is 78.9 Å². The fourth-order valence-corrected chi connectivity index (χ4v) is 9.51. The van der Waals surface area contributed by atoms with E-state index < -0.39 is 6.10 Å². The lowest BCUT2D eigenvalue weighted by atomic mass is 10.1. The number of unbranched alkanes of at least 4 members (excludes halogenated alkanes) is 31. The Kier molecular flexibility index (Phi) is 65.8. The van der Waals surface area contributed by atoms with Gasteiger partial charge in [-0.25, -0.2) is 0 Å². The third-order valence-corrected chi connectivity index (χ3v) is 14.7. The maximum Gasteiger partial charge on any atom is 0.306 e. The number of ether oxygens (including phenoxy) is 3. The molecular formula is C76H128O6. The molecule has 0 aromatic carbocycles. The van der Waals surface area contributed by atoms with Gasteiger partial charge in [0.2, 0.25) is 0 Å². The molecule has 82 heavy (non-hydrogen) atoms. The summed E-state index contributed by atoms with van der Waals surface area (Å²) in [6.45, 7) is 6.52. The highest BCUT2D eigenvalue weighted by atomic mass is 16.6. The first kappa shape index (κ1) is 77.8. The zero-order valence-electron chi connectivity index (χ0n) is 53.7. The molecule has 0 aliphatic heterocycles. The highest BCUT2D eigenvalue weighted by molar-refractivity contribution is 5.71. The Balaban J connectivity index is 4.37. The van der Waals surface area contributed by atoms with Gasteiger partial charge in [0, 0.05) is 19.3 Å². The molecule has 1 atom stereocenters. The van der Waals surface area contributed by atoms with Gasteiger partial charge in [-0.2, -0.15) is 0 Å². The Morgan fingerprint density at radius 2 is 0.476 bits per heavy atom. The van der Waals surface area contributed by atoms with Crippen LogP contribution < -0.4 is 0 Å². The molecule has 0 spiro atoms. The van der Waals surface area contributed by atoms with Gasteiger partial charge in [-0.1, -0.05) is 290 Å². The predicted octanol–water partition coefficient (Wildman–Crippen LogP) is 23.9. The Hall–Kier alpha value is -4.19. The van der Waals surface area contributed by atoms with Crippen LogP contribution in [0.4, 0.5) is 0 Å². The van der Waals surface area contributed by atoms with Gasteiger partial charge in [0.1, 0.15) is 13.2 Å². The van der Waals surface area contributed by atoms with Crippen molar-refractivity contribution in [1.82, 2.24) is 0 Å². The van der Waals surface area contributed by atoms with Crippen LogP contribution in [0.5, 0.6) is 0 Å². The largest absolute Gasteiger partial charge is 0.462 e. The molecule has 0 fully saturated rings. The van der Waals surface area contributed by atoms with Crippen LogP contribution in [-0.4, -0.2) is 37.2 Å². The van der Waals surface area contributed by atoms with Crippen molar-refractivity contribution in [3.63, 3.8) is 0 Å². The second-order valence-electron chi connectivity index (χ2n) is 22.7. The Morgan fingerprint density at radius 1 is 0.256 bits per heavy atom. The SMILES string of the molecule is CC/C=C\C/C=C\C/C=C\C/C=C\C/C=C\C/C=C\C/C=C\C/C=C\CCCCCCCCC(=O)OCC(COC(=O)CCCCCCC/C=C\CCCCCCCC)OC(=O)CCCCCCCCC/C=C\CCCCCCCCC. The summed E-state index contributed by atoms with van der Waals surface area (Å²) < 4.78 is 16.9. The van der Waals surface area contributed by atoms with E-state index in [9.17, 15) is 14.4 Å². The molecule has 0 heterocycles. The minimum Gasteiger partial charge on any atom is -0.462 e. The van der Waals surface area contributed by atoms with Crippen LogP contribution in [0.1, 0.15) is 323 Å². The van der Waals surface area contributed by atoms with E-state index in [1.807, 2.05) is 0 Å². The fourth-order valence-electron chi connectivity index (χ4n) is 9.51. The number of esters is 3. The van der Waals surface area contributed by atoms with Gasteiger partial charge in [0.15, 0.2) is 6.10 Å². The maximum absolute atomic E-state index is 12.9. The molecule has 0 aromatic heterocycles. The third kappa shape index (κ3) is 66.6. The first-order valence-corrected chi connectivity index (χ1v) is 34.5. The smallest absolute Gasteiger partial charge is 0.306 e. The average molecular weight is 1140 g/mol. The predicted molar refractivity (Wildman–Crippen MR) is 357 cm³/mol. The maximum atomic E-state index is 12.9. The van der Waals surface area contributed by atoms with Crippen molar-refractivity contribution in [2.45, 2.75) is 329 Å². The van der Waals surface area contributed by atoms with Crippen molar-refractivity contribution in [2.24, 2.45) is 0 Å². The minimum absolute atomic E-state index is 0.0891. The Bertz CT molecular complexity index is 1690. The highest BCUT2D eigenvalue weighted by Gasteiger charge is 2.19. The standard InChI is InChI=1S/C76H128O6/c1-4-7-10-13-16-19-22-25-28-30-32-33-34-35-36-37-38-39-40-41-42-43-44-46-48-51-54-57-60-63-66-69-75(78)81-72-73(71-80-74(77)68-65-62-59-56-53-50-47-27-24-21-18-15-12-9-6-3)82-76(79)70-67-64-61-58-55-52-49-45-31-29-26-23-20-17-14-11-8-5-2/h7,10,16,19,25,27-29,31-33,35-36,38-39,41-42,44,46-47,73H,4-6,8-9,11-15,17-18,20-24,26,30,34,37,40,43,45,48-72H2,1-3H3/b10-7-,19-16-,28-25-,31-29-,33-32-,36-35-,39-38-,42-41-,46-44-,47-27-. The van der Waals surface area contributed by atoms with Crippen LogP contribution in [0, 0.1) is 0 Å². The van der Waals surface area contributed by atoms with E-state index in [0.717, 1.165) is 128 Å². The lowest BCUT2D eigenvalue weighted by molar-refractivity contribution is -0.167. The molecular weight excluding hydrogens is 1010 g/mol. The molecule has 0 aliphatic carbocycles. The van der Waals surface area contributed by atoms with Gasteiger partial charge in [-0.05, 0) is 135 Å². The quantitative estimate of drug-likeness (QED) is 0.0261.